The molecule has 140 valence electrons. The Bertz CT molecular complexity index is 914. The maximum atomic E-state index is 12.7. The third kappa shape index (κ3) is 4.84. The Kier molecular flexibility index (Phi) is 6.08. The SMILES string of the molecule is Cc1c(C(=O)Nc2ccc(CCN(C)C)cc2)cnn1-c1ccc(Br)cc1. The van der Waals surface area contributed by atoms with Crippen LogP contribution in [-0.2, 0) is 6.42 Å². The van der Waals surface area contributed by atoms with Crippen LogP contribution in [0.25, 0.3) is 5.69 Å². The average Bonchev–Trinajstić information content (AvgIpc) is 3.03. The normalized spacial score (nSPS) is 11.0. The van der Waals surface area contributed by atoms with Crippen molar-refractivity contribution < 1.29 is 4.79 Å². The molecule has 3 aromatic rings. The highest BCUT2D eigenvalue weighted by molar-refractivity contribution is 9.10. The molecule has 5 nitrogen and oxygen atoms in total. The number of hydrogen-bond donors (Lipinski definition) is 1. The van der Waals surface area contributed by atoms with Gasteiger partial charge in [-0.1, -0.05) is 28.1 Å². The predicted octanol–water partition coefficient (Wildman–Crippen LogP) is 4.30. The van der Waals surface area contributed by atoms with E-state index in [1.165, 1.54) is 5.56 Å². The summed E-state index contributed by atoms with van der Waals surface area (Å²) >= 11 is 3.43. The number of likely N-dealkylation sites (N-methyl/N-ethyl adjacent to an activating group) is 1. The highest BCUT2D eigenvalue weighted by atomic mass is 79.9. The lowest BCUT2D eigenvalue weighted by atomic mass is 10.1. The van der Waals surface area contributed by atoms with Crippen LogP contribution in [0.1, 0.15) is 21.6 Å². The summed E-state index contributed by atoms with van der Waals surface area (Å²) in [6.45, 7) is 2.90. The van der Waals surface area contributed by atoms with Gasteiger partial charge in [-0.25, -0.2) is 4.68 Å². The lowest BCUT2D eigenvalue weighted by molar-refractivity contribution is 0.102. The number of nitrogens with one attached hydrogen (secondary N) is 1. The van der Waals surface area contributed by atoms with Crippen molar-refractivity contribution in [3.63, 3.8) is 0 Å². The maximum Gasteiger partial charge on any atom is 0.259 e. The molecule has 1 heterocycles. The molecular formula is C21H23BrN4O. The first-order valence-electron chi connectivity index (χ1n) is 8.79. The van der Waals surface area contributed by atoms with Crippen LogP contribution >= 0.6 is 15.9 Å². The van der Waals surface area contributed by atoms with Gasteiger partial charge in [0.15, 0.2) is 0 Å². The van der Waals surface area contributed by atoms with E-state index in [2.05, 4.69) is 57.5 Å². The monoisotopic (exact) mass is 426 g/mol. The molecule has 2 aromatic carbocycles. The fraction of sp³-hybridized carbons (Fsp3) is 0.238. The third-order valence-corrected chi connectivity index (χ3v) is 4.91. The van der Waals surface area contributed by atoms with E-state index in [9.17, 15) is 4.79 Å². The van der Waals surface area contributed by atoms with Crippen molar-refractivity contribution in [2.75, 3.05) is 26.0 Å². The first-order valence-corrected chi connectivity index (χ1v) is 9.59. The maximum absolute atomic E-state index is 12.7. The quantitative estimate of drug-likeness (QED) is 0.638. The molecule has 3 rings (SSSR count). The van der Waals surface area contributed by atoms with E-state index < -0.39 is 0 Å². The standard InChI is InChI=1S/C21H23BrN4O/c1-15-20(14-23-26(15)19-10-6-17(22)7-11-19)21(27)24-18-8-4-16(5-9-18)12-13-25(2)3/h4-11,14H,12-13H2,1-3H3,(H,24,27). The van der Waals surface area contributed by atoms with Crippen molar-refractivity contribution in [3.05, 3.63) is 76.0 Å². The minimum atomic E-state index is -0.156. The number of nitrogens with zero attached hydrogens (tertiary/aromatic N) is 3. The molecule has 0 aliphatic heterocycles. The second-order valence-electron chi connectivity index (χ2n) is 6.74. The molecule has 0 aliphatic carbocycles. The molecule has 0 spiro atoms. The first-order chi connectivity index (χ1) is 12.9. The Balaban J connectivity index is 1.70. The number of halogens is 1. The topological polar surface area (TPSA) is 50.2 Å². The molecule has 1 amide bonds. The molecule has 0 saturated heterocycles. The van der Waals surface area contributed by atoms with Crippen molar-refractivity contribution >= 4 is 27.5 Å². The summed E-state index contributed by atoms with van der Waals surface area (Å²) in [7, 11) is 4.12. The number of rotatable bonds is 6. The Morgan fingerprint density at radius 2 is 1.78 bits per heavy atom. The zero-order chi connectivity index (χ0) is 19.4. The van der Waals surface area contributed by atoms with E-state index in [0.717, 1.165) is 34.5 Å². The van der Waals surface area contributed by atoms with Crippen LogP contribution in [0.2, 0.25) is 0 Å². The molecule has 0 saturated carbocycles. The summed E-state index contributed by atoms with van der Waals surface area (Å²) < 4.78 is 2.77. The van der Waals surface area contributed by atoms with Crippen LogP contribution < -0.4 is 5.32 Å². The predicted molar refractivity (Wildman–Crippen MR) is 113 cm³/mol. The number of hydrogen-bond acceptors (Lipinski definition) is 3. The van der Waals surface area contributed by atoms with Gasteiger partial charge in [0.05, 0.1) is 23.1 Å². The van der Waals surface area contributed by atoms with Crippen molar-refractivity contribution in [3.8, 4) is 5.69 Å². The Morgan fingerprint density at radius 3 is 2.41 bits per heavy atom. The molecule has 1 aromatic heterocycles. The summed E-state index contributed by atoms with van der Waals surface area (Å²) in [4.78, 5) is 14.8. The van der Waals surface area contributed by atoms with Crippen molar-refractivity contribution in [1.29, 1.82) is 0 Å². The van der Waals surface area contributed by atoms with E-state index in [1.54, 1.807) is 10.9 Å². The van der Waals surface area contributed by atoms with Crippen LogP contribution in [0, 0.1) is 6.92 Å². The molecule has 1 N–H and O–H groups in total. The van der Waals surface area contributed by atoms with Crippen molar-refractivity contribution in [1.82, 2.24) is 14.7 Å². The molecule has 0 fully saturated rings. The molecule has 0 unspecified atom stereocenters. The van der Waals surface area contributed by atoms with Gasteiger partial charge in [0.1, 0.15) is 0 Å². The van der Waals surface area contributed by atoms with E-state index in [-0.39, 0.29) is 5.91 Å². The highest BCUT2D eigenvalue weighted by Crippen LogP contribution is 2.18. The molecule has 6 heteroatoms. The summed E-state index contributed by atoms with van der Waals surface area (Å²) in [5.74, 6) is -0.156. The summed E-state index contributed by atoms with van der Waals surface area (Å²) in [5, 5.41) is 7.32. The van der Waals surface area contributed by atoms with Crippen molar-refractivity contribution in [2.24, 2.45) is 0 Å². The van der Waals surface area contributed by atoms with E-state index >= 15 is 0 Å². The van der Waals surface area contributed by atoms with Gasteiger partial charge >= 0.3 is 0 Å². The molecule has 0 aliphatic rings. The van der Waals surface area contributed by atoms with Gasteiger partial charge in [0.25, 0.3) is 5.91 Å². The van der Waals surface area contributed by atoms with Gasteiger partial charge in [0, 0.05) is 16.7 Å². The van der Waals surface area contributed by atoms with Crippen LogP contribution in [0.3, 0.4) is 0 Å². The average molecular weight is 427 g/mol. The van der Waals surface area contributed by atoms with Gasteiger partial charge in [0.2, 0.25) is 0 Å². The molecular weight excluding hydrogens is 404 g/mol. The highest BCUT2D eigenvalue weighted by Gasteiger charge is 2.15. The zero-order valence-corrected chi connectivity index (χ0v) is 17.3. The molecule has 0 radical (unpaired) electrons. The fourth-order valence-corrected chi connectivity index (χ4v) is 3.05. The number of anilines is 1. The van der Waals surface area contributed by atoms with E-state index in [0.29, 0.717) is 5.56 Å². The van der Waals surface area contributed by atoms with Crippen LogP contribution in [0.5, 0.6) is 0 Å². The Morgan fingerprint density at radius 1 is 1.11 bits per heavy atom. The second-order valence-corrected chi connectivity index (χ2v) is 7.65. The minimum absolute atomic E-state index is 0.156. The van der Waals surface area contributed by atoms with Gasteiger partial charge in [-0.05, 0) is 69.4 Å². The molecule has 0 bridgehead atoms. The van der Waals surface area contributed by atoms with E-state index in [1.807, 2.05) is 43.3 Å². The first kappa shape index (κ1) is 19.3. The van der Waals surface area contributed by atoms with Crippen molar-refractivity contribution in [2.45, 2.75) is 13.3 Å². The lowest BCUT2D eigenvalue weighted by Gasteiger charge is -2.10. The smallest absolute Gasteiger partial charge is 0.259 e. The number of aromatic nitrogens is 2. The number of carbonyl (C=O) groups is 1. The van der Waals surface area contributed by atoms with Gasteiger partial charge in [-0.15, -0.1) is 0 Å². The van der Waals surface area contributed by atoms with E-state index in [4.69, 9.17) is 0 Å². The number of amides is 1. The Hall–Kier alpha value is -2.44. The third-order valence-electron chi connectivity index (χ3n) is 4.39. The zero-order valence-electron chi connectivity index (χ0n) is 15.7. The van der Waals surface area contributed by atoms with Crippen LogP contribution in [-0.4, -0.2) is 41.2 Å². The number of carbonyl (C=O) groups excluding carboxylic acids is 1. The van der Waals surface area contributed by atoms with Gasteiger partial charge < -0.3 is 10.2 Å². The largest absolute Gasteiger partial charge is 0.322 e. The minimum Gasteiger partial charge on any atom is -0.322 e. The summed E-state index contributed by atoms with van der Waals surface area (Å²) in [6, 6.07) is 15.8. The van der Waals surface area contributed by atoms with Gasteiger partial charge in [-0.2, -0.15) is 5.10 Å². The summed E-state index contributed by atoms with van der Waals surface area (Å²) in [6.07, 6.45) is 2.60. The fourth-order valence-electron chi connectivity index (χ4n) is 2.78. The Labute approximate surface area is 168 Å². The van der Waals surface area contributed by atoms with Crippen LogP contribution in [0.4, 0.5) is 5.69 Å². The lowest BCUT2D eigenvalue weighted by Crippen LogP contribution is -2.15. The molecule has 0 atom stereocenters. The summed E-state index contributed by atoms with van der Waals surface area (Å²) in [5.41, 5.74) is 4.32. The number of benzene rings is 2. The van der Waals surface area contributed by atoms with Gasteiger partial charge in [-0.3, -0.25) is 4.79 Å². The van der Waals surface area contributed by atoms with Crippen LogP contribution in [0.15, 0.2) is 59.2 Å². The second kappa shape index (κ2) is 8.50. The molecule has 27 heavy (non-hydrogen) atoms.